The minimum atomic E-state index is 0.398. The van der Waals surface area contributed by atoms with Crippen molar-refractivity contribution in [3.63, 3.8) is 0 Å². The van der Waals surface area contributed by atoms with Crippen molar-refractivity contribution in [1.29, 1.82) is 5.26 Å². The predicted octanol–water partition coefficient (Wildman–Crippen LogP) is 2.40. The lowest BCUT2D eigenvalue weighted by atomic mass is 10.2. The summed E-state index contributed by atoms with van der Waals surface area (Å²) in [5, 5.41) is 14.8. The number of nitrogens with zero attached hydrogens (tertiary/aromatic N) is 2. The van der Waals surface area contributed by atoms with Gasteiger partial charge < -0.3 is 10.3 Å². The summed E-state index contributed by atoms with van der Waals surface area (Å²) >= 11 is 7.40. The first kappa shape index (κ1) is 11.3. The number of hydrogen-bond acceptors (Lipinski definition) is 5. The van der Waals surface area contributed by atoms with Gasteiger partial charge in [-0.2, -0.15) is 5.26 Å². The molecule has 0 aliphatic carbocycles. The Hall–Kier alpha value is -1.22. The zero-order valence-corrected chi connectivity index (χ0v) is 9.81. The highest BCUT2D eigenvalue weighted by atomic mass is 35.5. The highest BCUT2D eigenvalue weighted by Gasteiger charge is 2.13. The number of benzene rings is 1. The standard InChI is InChI=1S/C10H8ClN3OS/c11-7-3-6(5-13)9-8(4-7)10(14-15-9)16-2-1-12/h3-4H,1-2,12H2. The van der Waals surface area contributed by atoms with E-state index in [4.69, 9.17) is 27.1 Å². The molecule has 0 aliphatic rings. The van der Waals surface area contributed by atoms with E-state index in [9.17, 15) is 0 Å². The average molecular weight is 254 g/mol. The van der Waals surface area contributed by atoms with Gasteiger partial charge >= 0.3 is 0 Å². The second-order valence-corrected chi connectivity index (χ2v) is 4.59. The van der Waals surface area contributed by atoms with Gasteiger partial charge in [0.25, 0.3) is 0 Å². The summed E-state index contributed by atoms with van der Waals surface area (Å²) < 4.78 is 5.13. The van der Waals surface area contributed by atoms with Crippen molar-refractivity contribution < 1.29 is 4.52 Å². The Balaban J connectivity index is 2.55. The smallest absolute Gasteiger partial charge is 0.185 e. The molecule has 0 aliphatic heterocycles. The molecule has 0 spiro atoms. The summed E-state index contributed by atoms with van der Waals surface area (Å²) in [7, 11) is 0. The van der Waals surface area contributed by atoms with Crippen LogP contribution in [0.4, 0.5) is 0 Å². The van der Waals surface area contributed by atoms with Crippen molar-refractivity contribution in [2.75, 3.05) is 12.3 Å². The zero-order valence-electron chi connectivity index (χ0n) is 8.24. The van der Waals surface area contributed by atoms with Gasteiger partial charge in [-0.3, -0.25) is 0 Å². The van der Waals surface area contributed by atoms with Gasteiger partial charge in [-0.1, -0.05) is 16.8 Å². The zero-order chi connectivity index (χ0) is 11.5. The van der Waals surface area contributed by atoms with Crippen LogP contribution in [0.25, 0.3) is 11.0 Å². The Morgan fingerprint density at radius 2 is 2.38 bits per heavy atom. The fourth-order valence-corrected chi connectivity index (χ4v) is 2.26. The molecule has 2 rings (SSSR count). The van der Waals surface area contributed by atoms with Gasteiger partial charge in [-0.05, 0) is 12.1 Å². The van der Waals surface area contributed by atoms with Crippen LogP contribution in [0.3, 0.4) is 0 Å². The van der Waals surface area contributed by atoms with Gasteiger partial charge in [0.15, 0.2) is 5.58 Å². The highest BCUT2D eigenvalue weighted by Crippen LogP contribution is 2.31. The predicted molar refractivity (Wildman–Crippen MR) is 63.5 cm³/mol. The second kappa shape index (κ2) is 4.74. The van der Waals surface area contributed by atoms with E-state index in [1.807, 2.05) is 6.07 Å². The van der Waals surface area contributed by atoms with E-state index in [0.717, 1.165) is 16.2 Å². The molecule has 82 valence electrons. The minimum absolute atomic E-state index is 0.398. The fraction of sp³-hybridized carbons (Fsp3) is 0.200. The van der Waals surface area contributed by atoms with Gasteiger partial charge in [-0.25, -0.2) is 0 Å². The summed E-state index contributed by atoms with van der Waals surface area (Å²) in [6, 6.07) is 5.33. The van der Waals surface area contributed by atoms with Crippen LogP contribution in [0.15, 0.2) is 21.7 Å². The lowest BCUT2D eigenvalue weighted by molar-refractivity contribution is 0.437. The number of thioether (sulfide) groups is 1. The average Bonchev–Trinajstić information content (AvgIpc) is 2.68. The normalized spacial score (nSPS) is 10.6. The third kappa shape index (κ3) is 2.00. The van der Waals surface area contributed by atoms with Crippen molar-refractivity contribution in [2.45, 2.75) is 5.03 Å². The van der Waals surface area contributed by atoms with E-state index in [1.54, 1.807) is 12.1 Å². The van der Waals surface area contributed by atoms with Crippen LogP contribution in [0.2, 0.25) is 5.02 Å². The molecule has 0 unspecified atom stereocenters. The van der Waals surface area contributed by atoms with Gasteiger partial charge in [0.1, 0.15) is 11.1 Å². The molecule has 0 saturated heterocycles. The van der Waals surface area contributed by atoms with Crippen LogP contribution in [0, 0.1) is 11.3 Å². The van der Waals surface area contributed by atoms with E-state index in [1.165, 1.54) is 11.8 Å². The third-order valence-corrected chi connectivity index (χ3v) is 3.21. The van der Waals surface area contributed by atoms with Crippen LogP contribution in [0.1, 0.15) is 5.56 Å². The highest BCUT2D eigenvalue weighted by molar-refractivity contribution is 7.99. The van der Waals surface area contributed by atoms with Crippen molar-refractivity contribution in [3.05, 3.63) is 22.7 Å². The SMILES string of the molecule is N#Cc1cc(Cl)cc2c(SCCN)noc12. The van der Waals surface area contributed by atoms with E-state index >= 15 is 0 Å². The monoisotopic (exact) mass is 253 g/mol. The molecule has 0 saturated carbocycles. The quantitative estimate of drug-likeness (QED) is 0.850. The molecule has 2 N–H and O–H groups in total. The summed E-state index contributed by atoms with van der Waals surface area (Å²) in [6.45, 7) is 0.560. The summed E-state index contributed by atoms with van der Waals surface area (Å²) in [5.74, 6) is 0.746. The van der Waals surface area contributed by atoms with Crippen LogP contribution in [-0.2, 0) is 0 Å². The summed E-state index contributed by atoms with van der Waals surface area (Å²) in [6.07, 6.45) is 0. The van der Waals surface area contributed by atoms with E-state index in [0.29, 0.717) is 22.7 Å². The molecular formula is C10H8ClN3OS. The number of aromatic nitrogens is 1. The van der Waals surface area contributed by atoms with Crippen molar-refractivity contribution >= 4 is 34.3 Å². The lowest BCUT2D eigenvalue weighted by Gasteiger charge is -1.95. The largest absolute Gasteiger partial charge is 0.354 e. The molecule has 2 aromatic rings. The Labute approximate surface area is 101 Å². The first-order valence-corrected chi connectivity index (χ1v) is 5.94. The summed E-state index contributed by atoms with van der Waals surface area (Å²) in [4.78, 5) is 0. The van der Waals surface area contributed by atoms with Crippen molar-refractivity contribution in [1.82, 2.24) is 5.16 Å². The van der Waals surface area contributed by atoms with Crippen LogP contribution < -0.4 is 5.73 Å². The van der Waals surface area contributed by atoms with Gasteiger partial charge in [0.2, 0.25) is 0 Å². The van der Waals surface area contributed by atoms with E-state index < -0.39 is 0 Å². The van der Waals surface area contributed by atoms with E-state index in [2.05, 4.69) is 5.16 Å². The van der Waals surface area contributed by atoms with Gasteiger partial charge in [0.05, 0.1) is 10.9 Å². The number of halogens is 1. The maximum atomic E-state index is 8.92. The maximum absolute atomic E-state index is 8.92. The number of nitrogens with two attached hydrogens (primary N) is 1. The lowest BCUT2D eigenvalue weighted by Crippen LogP contribution is -2.00. The molecule has 0 atom stereocenters. The van der Waals surface area contributed by atoms with Crippen LogP contribution in [0.5, 0.6) is 0 Å². The van der Waals surface area contributed by atoms with Crippen molar-refractivity contribution in [3.8, 4) is 6.07 Å². The first-order chi connectivity index (χ1) is 7.76. The molecule has 4 nitrogen and oxygen atoms in total. The topological polar surface area (TPSA) is 75.8 Å². The second-order valence-electron chi connectivity index (χ2n) is 3.07. The molecule has 0 fully saturated rings. The maximum Gasteiger partial charge on any atom is 0.185 e. The molecular weight excluding hydrogens is 246 g/mol. The van der Waals surface area contributed by atoms with Crippen LogP contribution >= 0.6 is 23.4 Å². The number of nitriles is 1. The number of fused-ring (bicyclic) bond motifs is 1. The minimum Gasteiger partial charge on any atom is -0.354 e. The Morgan fingerprint density at radius 1 is 1.56 bits per heavy atom. The molecule has 0 bridgehead atoms. The third-order valence-electron chi connectivity index (χ3n) is 1.98. The van der Waals surface area contributed by atoms with Gasteiger partial charge in [-0.15, -0.1) is 11.8 Å². The molecule has 1 heterocycles. The molecule has 0 radical (unpaired) electrons. The Kier molecular flexibility index (Phi) is 3.34. The number of rotatable bonds is 3. The van der Waals surface area contributed by atoms with Crippen LogP contribution in [-0.4, -0.2) is 17.5 Å². The Morgan fingerprint density at radius 3 is 3.06 bits per heavy atom. The molecule has 1 aromatic carbocycles. The molecule has 16 heavy (non-hydrogen) atoms. The first-order valence-electron chi connectivity index (χ1n) is 4.58. The van der Waals surface area contributed by atoms with Crippen molar-refractivity contribution in [2.24, 2.45) is 5.73 Å². The van der Waals surface area contributed by atoms with Gasteiger partial charge in [0, 0.05) is 17.3 Å². The molecule has 0 amide bonds. The fourth-order valence-electron chi connectivity index (χ4n) is 1.33. The van der Waals surface area contributed by atoms with E-state index in [-0.39, 0.29) is 0 Å². The molecule has 6 heteroatoms. The number of hydrogen-bond donors (Lipinski definition) is 1. The Bertz CT molecular complexity index is 561. The summed E-state index contributed by atoms with van der Waals surface area (Å²) in [5.41, 5.74) is 6.29. The molecule has 1 aromatic heterocycles.